The van der Waals surface area contributed by atoms with Gasteiger partial charge in [-0.15, -0.1) is 0 Å². The normalized spacial score (nSPS) is 24.7. The molecule has 1 aromatic heterocycles. The highest BCUT2D eigenvalue weighted by atomic mass is 35.5. The van der Waals surface area contributed by atoms with E-state index in [1.807, 2.05) is 6.07 Å². The van der Waals surface area contributed by atoms with E-state index in [2.05, 4.69) is 24.1 Å². The zero-order valence-corrected chi connectivity index (χ0v) is 14.9. The number of hydrogen-bond donors (Lipinski definition) is 1. The molecule has 0 spiro atoms. The summed E-state index contributed by atoms with van der Waals surface area (Å²) >= 11 is 7.25. The Bertz CT molecular complexity index is 703. The first kappa shape index (κ1) is 16.7. The van der Waals surface area contributed by atoms with Crippen molar-refractivity contribution in [1.29, 1.82) is 0 Å². The van der Waals surface area contributed by atoms with Crippen molar-refractivity contribution < 1.29 is 9.21 Å². The highest BCUT2D eigenvalue weighted by Crippen LogP contribution is 2.30. The summed E-state index contributed by atoms with van der Waals surface area (Å²) in [6.07, 6.45) is 3.52. The molecule has 3 atom stereocenters. The predicted octanol–water partition coefficient (Wildman–Crippen LogP) is 4.51. The minimum absolute atomic E-state index is 0.0428. The summed E-state index contributed by atoms with van der Waals surface area (Å²) in [7, 11) is 0. The molecule has 1 saturated carbocycles. The smallest absolute Gasteiger partial charge is 0.257 e. The van der Waals surface area contributed by atoms with Crippen LogP contribution in [0, 0.1) is 11.8 Å². The molecule has 1 fully saturated rings. The maximum absolute atomic E-state index is 12.2. The number of thioether (sulfide) groups is 1. The van der Waals surface area contributed by atoms with Crippen molar-refractivity contribution in [3.63, 3.8) is 0 Å². The average Bonchev–Trinajstić information content (AvgIpc) is 2.92. The lowest BCUT2D eigenvalue weighted by molar-refractivity contribution is -0.120. The van der Waals surface area contributed by atoms with Gasteiger partial charge in [0.15, 0.2) is 5.58 Å². The van der Waals surface area contributed by atoms with Gasteiger partial charge in [-0.25, -0.2) is 4.98 Å². The Kier molecular flexibility index (Phi) is 5.17. The second-order valence-electron chi connectivity index (χ2n) is 6.32. The van der Waals surface area contributed by atoms with E-state index < -0.39 is 0 Å². The molecule has 0 bridgehead atoms. The first-order valence-corrected chi connectivity index (χ1v) is 9.37. The van der Waals surface area contributed by atoms with Crippen molar-refractivity contribution in [3.8, 4) is 0 Å². The molecule has 1 amide bonds. The Labute approximate surface area is 145 Å². The molecule has 0 aliphatic heterocycles. The van der Waals surface area contributed by atoms with Crippen molar-refractivity contribution in [2.45, 2.75) is 44.4 Å². The minimum atomic E-state index is 0.0428. The molecule has 1 aromatic carbocycles. The number of nitrogens with zero attached hydrogens (tertiary/aromatic N) is 1. The van der Waals surface area contributed by atoms with Crippen LogP contribution in [0.1, 0.15) is 33.1 Å². The Morgan fingerprint density at radius 1 is 1.43 bits per heavy atom. The number of hydrogen-bond acceptors (Lipinski definition) is 4. The molecule has 3 rings (SSSR count). The third-order valence-electron chi connectivity index (χ3n) is 4.71. The molecular weight excluding hydrogens is 332 g/mol. The topological polar surface area (TPSA) is 55.1 Å². The Balaban J connectivity index is 1.55. The molecule has 0 radical (unpaired) electrons. The van der Waals surface area contributed by atoms with Crippen LogP contribution in [-0.4, -0.2) is 22.7 Å². The van der Waals surface area contributed by atoms with Crippen LogP contribution in [0.2, 0.25) is 5.02 Å². The second kappa shape index (κ2) is 7.14. The zero-order chi connectivity index (χ0) is 16.4. The number of carbonyl (C=O) groups excluding carboxylic acids is 1. The zero-order valence-electron chi connectivity index (χ0n) is 13.3. The lowest BCUT2D eigenvalue weighted by Crippen LogP contribution is -2.44. The molecule has 1 aliphatic rings. The number of carbonyl (C=O) groups is 1. The number of rotatable bonds is 4. The van der Waals surface area contributed by atoms with Crippen LogP contribution in [-0.2, 0) is 4.79 Å². The third kappa shape index (κ3) is 4.01. The van der Waals surface area contributed by atoms with Gasteiger partial charge in [-0.2, -0.15) is 0 Å². The van der Waals surface area contributed by atoms with E-state index in [9.17, 15) is 4.79 Å². The number of amides is 1. The summed E-state index contributed by atoms with van der Waals surface area (Å²) in [4.78, 5) is 16.5. The van der Waals surface area contributed by atoms with E-state index in [4.69, 9.17) is 16.0 Å². The molecule has 0 unspecified atom stereocenters. The van der Waals surface area contributed by atoms with Crippen LogP contribution in [0.5, 0.6) is 0 Å². The molecular formula is C17H21ClN2O2S. The lowest BCUT2D eigenvalue weighted by atomic mass is 9.78. The predicted molar refractivity (Wildman–Crippen MR) is 93.9 cm³/mol. The molecule has 23 heavy (non-hydrogen) atoms. The number of nitrogens with one attached hydrogen (secondary N) is 1. The van der Waals surface area contributed by atoms with Gasteiger partial charge in [0.1, 0.15) is 5.52 Å². The van der Waals surface area contributed by atoms with Gasteiger partial charge >= 0.3 is 0 Å². The van der Waals surface area contributed by atoms with E-state index in [0.29, 0.717) is 33.4 Å². The van der Waals surface area contributed by atoms with Crippen LogP contribution in [0.3, 0.4) is 0 Å². The van der Waals surface area contributed by atoms with Crippen molar-refractivity contribution in [2.24, 2.45) is 11.8 Å². The number of oxazole rings is 1. The Morgan fingerprint density at radius 2 is 2.26 bits per heavy atom. The van der Waals surface area contributed by atoms with Gasteiger partial charge in [0, 0.05) is 17.1 Å². The summed E-state index contributed by atoms with van der Waals surface area (Å²) < 4.78 is 5.61. The largest absolute Gasteiger partial charge is 0.431 e. The fraction of sp³-hybridized carbons (Fsp3) is 0.529. The number of benzene rings is 1. The lowest BCUT2D eigenvalue weighted by Gasteiger charge is -2.34. The highest BCUT2D eigenvalue weighted by molar-refractivity contribution is 7.99. The molecule has 0 saturated heterocycles. The van der Waals surface area contributed by atoms with Crippen LogP contribution in [0.25, 0.3) is 11.1 Å². The number of fused-ring (bicyclic) bond motifs is 1. The summed E-state index contributed by atoms with van der Waals surface area (Å²) in [5.41, 5.74) is 1.40. The second-order valence-corrected chi connectivity index (χ2v) is 7.68. The maximum atomic E-state index is 12.2. The van der Waals surface area contributed by atoms with Crippen molar-refractivity contribution in [2.75, 3.05) is 5.75 Å². The van der Waals surface area contributed by atoms with Gasteiger partial charge in [-0.05, 0) is 30.4 Å². The van der Waals surface area contributed by atoms with E-state index in [-0.39, 0.29) is 11.9 Å². The van der Waals surface area contributed by atoms with E-state index >= 15 is 0 Å². The van der Waals surface area contributed by atoms with E-state index in [1.54, 1.807) is 12.1 Å². The summed E-state index contributed by atoms with van der Waals surface area (Å²) in [6, 6.07) is 5.61. The fourth-order valence-electron chi connectivity index (χ4n) is 3.10. The molecule has 1 aliphatic carbocycles. The van der Waals surface area contributed by atoms with Crippen LogP contribution in [0.4, 0.5) is 0 Å². The third-order valence-corrected chi connectivity index (χ3v) is 5.77. The molecule has 1 N–H and O–H groups in total. The van der Waals surface area contributed by atoms with E-state index in [0.717, 1.165) is 11.9 Å². The van der Waals surface area contributed by atoms with Gasteiger partial charge in [-0.3, -0.25) is 4.79 Å². The first-order valence-electron chi connectivity index (χ1n) is 8.01. The highest BCUT2D eigenvalue weighted by Gasteiger charge is 2.28. The standard InChI is InChI=1S/C17H21ClN2O2S/c1-10-4-3-5-13(11(10)2)19-16(21)9-23-17-20-14-7-6-12(18)8-15(14)22-17/h6-8,10-11,13H,3-5,9H2,1-2H3,(H,19,21)/t10-,11-,13+/m1/s1. The molecule has 6 heteroatoms. The van der Waals surface area contributed by atoms with Crippen LogP contribution in [0.15, 0.2) is 27.8 Å². The SMILES string of the molecule is C[C@@H]1[C@H](C)CCC[C@@H]1NC(=O)CSc1nc2ccc(Cl)cc2o1. The maximum Gasteiger partial charge on any atom is 0.257 e. The fourth-order valence-corrected chi connectivity index (χ4v) is 3.91. The van der Waals surface area contributed by atoms with E-state index in [1.165, 1.54) is 24.6 Å². The van der Waals surface area contributed by atoms with Gasteiger partial charge < -0.3 is 9.73 Å². The molecule has 1 heterocycles. The molecule has 4 nitrogen and oxygen atoms in total. The summed E-state index contributed by atoms with van der Waals surface area (Å²) in [5, 5.41) is 4.28. The van der Waals surface area contributed by atoms with Gasteiger partial charge in [0.25, 0.3) is 5.22 Å². The van der Waals surface area contributed by atoms with Gasteiger partial charge in [0.05, 0.1) is 5.75 Å². The Hall–Kier alpha value is -1.20. The Morgan fingerprint density at radius 3 is 3.09 bits per heavy atom. The minimum Gasteiger partial charge on any atom is -0.431 e. The van der Waals surface area contributed by atoms with Crippen LogP contribution >= 0.6 is 23.4 Å². The van der Waals surface area contributed by atoms with Crippen molar-refractivity contribution >= 4 is 40.4 Å². The quantitative estimate of drug-likeness (QED) is 0.822. The van der Waals surface area contributed by atoms with Crippen LogP contribution < -0.4 is 5.32 Å². The summed E-state index contributed by atoms with van der Waals surface area (Å²) in [5.74, 6) is 1.56. The van der Waals surface area contributed by atoms with Crippen molar-refractivity contribution in [1.82, 2.24) is 10.3 Å². The number of halogens is 1. The molecule has 2 aromatic rings. The van der Waals surface area contributed by atoms with Crippen molar-refractivity contribution in [3.05, 3.63) is 23.2 Å². The summed E-state index contributed by atoms with van der Waals surface area (Å²) in [6.45, 7) is 4.49. The average molecular weight is 353 g/mol. The van der Waals surface area contributed by atoms with Gasteiger partial charge in [0.2, 0.25) is 5.91 Å². The first-order chi connectivity index (χ1) is 11.0. The number of aromatic nitrogens is 1. The van der Waals surface area contributed by atoms with Gasteiger partial charge in [-0.1, -0.05) is 50.1 Å². The molecule has 124 valence electrons. The monoisotopic (exact) mass is 352 g/mol.